The predicted molar refractivity (Wildman–Crippen MR) is 82.4 cm³/mol. The third kappa shape index (κ3) is 3.88. The van der Waals surface area contributed by atoms with E-state index in [1.807, 2.05) is 0 Å². The van der Waals surface area contributed by atoms with Gasteiger partial charge in [0.2, 0.25) is 0 Å². The van der Waals surface area contributed by atoms with Gasteiger partial charge in [0.1, 0.15) is 15.7 Å². The van der Waals surface area contributed by atoms with E-state index in [4.69, 9.17) is 4.74 Å². The van der Waals surface area contributed by atoms with Gasteiger partial charge in [0.15, 0.2) is 0 Å². The van der Waals surface area contributed by atoms with E-state index >= 15 is 0 Å². The Labute approximate surface area is 132 Å². The van der Waals surface area contributed by atoms with Gasteiger partial charge in [-0.05, 0) is 12.1 Å². The van der Waals surface area contributed by atoms with E-state index in [-0.39, 0.29) is 24.9 Å². The molecule has 1 N–H and O–H groups in total. The average Bonchev–Trinajstić information content (AvgIpc) is 2.96. The second-order valence-electron chi connectivity index (χ2n) is 4.80. The molecule has 2 aromatic rings. The highest BCUT2D eigenvalue weighted by Crippen LogP contribution is 2.27. The zero-order valence-electron chi connectivity index (χ0n) is 12.3. The van der Waals surface area contributed by atoms with Crippen LogP contribution in [0.4, 0.5) is 4.39 Å². The van der Waals surface area contributed by atoms with Crippen molar-refractivity contribution in [2.75, 3.05) is 27.3 Å². The summed E-state index contributed by atoms with van der Waals surface area (Å²) in [5.41, 5.74) is 0.369. The zero-order chi connectivity index (χ0) is 16.1. The van der Waals surface area contributed by atoms with Gasteiger partial charge in [-0.2, -0.15) is 0 Å². The van der Waals surface area contributed by atoms with E-state index in [1.54, 1.807) is 25.2 Å². The van der Waals surface area contributed by atoms with Crippen molar-refractivity contribution in [1.29, 1.82) is 0 Å². The molecule has 1 heterocycles. The van der Waals surface area contributed by atoms with Gasteiger partial charge < -0.3 is 14.7 Å². The molecule has 1 amide bonds. The summed E-state index contributed by atoms with van der Waals surface area (Å²) in [5.74, 6) is -0.644. The number of carbonyl (C=O) groups is 1. The van der Waals surface area contributed by atoms with Crippen LogP contribution in [0, 0.1) is 5.82 Å². The molecule has 0 bridgehead atoms. The van der Waals surface area contributed by atoms with Crippen molar-refractivity contribution < 1.29 is 19.0 Å². The lowest BCUT2D eigenvalue weighted by Gasteiger charge is -2.19. The summed E-state index contributed by atoms with van der Waals surface area (Å²) >= 11 is 1.12. The number of nitrogens with zero attached hydrogens (tertiary/aromatic N) is 2. The van der Waals surface area contributed by atoms with Gasteiger partial charge in [0.05, 0.1) is 18.9 Å². The standard InChI is InChI=1S/C15H17FN2O3S/c1-18(8-10(19)9-21-2)15(20)13-7-17-14(22-13)11-5-3-4-6-12(11)16/h3-7,10,19H,8-9H2,1-2H3. The zero-order valence-corrected chi connectivity index (χ0v) is 13.1. The van der Waals surface area contributed by atoms with Crippen LogP contribution in [0.5, 0.6) is 0 Å². The summed E-state index contributed by atoms with van der Waals surface area (Å²) in [6.45, 7) is 0.306. The summed E-state index contributed by atoms with van der Waals surface area (Å²) in [6, 6.07) is 6.29. The number of halogens is 1. The van der Waals surface area contributed by atoms with Crippen molar-refractivity contribution in [2.24, 2.45) is 0 Å². The van der Waals surface area contributed by atoms with Crippen molar-refractivity contribution in [3.8, 4) is 10.6 Å². The fraction of sp³-hybridized carbons (Fsp3) is 0.333. The number of hydrogen-bond donors (Lipinski definition) is 1. The third-order valence-corrected chi connectivity index (χ3v) is 4.03. The van der Waals surface area contributed by atoms with Crippen LogP contribution in [0.2, 0.25) is 0 Å². The van der Waals surface area contributed by atoms with Gasteiger partial charge >= 0.3 is 0 Å². The van der Waals surface area contributed by atoms with Crippen molar-refractivity contribution in [1.82, 2.24) is 9.88 Å². The minimum atomic E-state index is -0.752. The van der Waals surface area contributed by atoms with Gasteiger partial charge in [-0.1, -0.05) is 12.1 Å². The highest BCUT2D eigenvalue weighted by molar-refractivity contribution is 7.16. The van der Waals surface area contributed by atoms with E-state index < -0.39 is 6.10 Å². The minimum absolute atomic E-state index is 0.152. The molecule has 1 aromatic heterocycles. The summed E-state index contributed by atoms with van der Waals surface area (Å²) in [5, 5.41) is 10.1. The van der Waals surface area contributed by atoms with Crippen LogP contribution in [0.1, 0.15) is 9.67 Å². The van der Waals surface area contributed by atoms with Crippen molar-refractivity contribution in [2.45, 2.75) is 6.10 Å². The molecule has 118 valence electrons. The summed E-state index contributed by atoms with van der Waals surface area (Å²) in [4.78, 5) is 18.2. The summed E-state index contributed by atoms with van der Waals surface area (Å²) < 4.78 is 18.6. The highest BCUT2D eigenvalue weighted by atomic mass is 32.1. The number of amides is 1. The van der Waals surface area contributed by atoms with Crippen LogP contribution >= 0.6 is 11.3 Å². The van der Waals surface area contributed by atoms with E-state index in [2.05, 4.69) is 4.98 Å². The number of rotatable bonds is 6. The Bertz CT molecular complexity index is 647. The van der Waals surface area contributed by atoms with Gasteiger partial charge in [0, 0.05) is 26.3 Å². The van der Waals surface area contributed by atoms with Crippen LogP contribution in [0.25, 0.3) is 10.6 Å². The molecular formula is C15H17FN2O3S. The Morgan fingerprint density at radius 3 is 2.91 bits per heavy atom. The molecule has 0 aliphatic rings. The number of aliphatic hydroxyl groups excluding tert-OH is 1. The van der Waals surface area contributed by atoms with Crippen LogP contribution in [-0.2, 0) is 4.74 Å². The number of carbonyl (C=O) groups excluding carboxylic acids is 1. The lowest BCUT2D eigenvalue weighted by atomic mass is 10.2. The monoisotopic (exact) mass is 324 g/mol. The van der Waals surface area contributed by atoms with E-state index in [9.17, 15) is 14.3 Å². The normalized spacial score (nSPS) is 12.2. The highest BCUT2D eigenvalue weighted by Gasteiger charge is 2.19. The fourth-order valence-corrected chi connectivity index (χ4v) is 2.90. The number of methoxy groups -OCH3 is 1. The fourth-order valence-electron chi connectivity index (χ4n) is 1.96. The number of benzene rings is 1. The number of hydrogen-bond acceptors (Lipinski definition) is 5. The maximum Gasteiger partial charge on any atom is 0.265 e. The molecule has 22 heavy (non-hydrogen) atoms. The van der Waals surface area contributed by atoms with Crippen LogP contribution in [0.3, 0.4) is 0 Å². The maximum atomic E-state index is 13.7. The number of likely N-dealkylation sites (N-methyl/N-ethyl adjacent to an activating group) is 1. The molecule has 1 atom stereocenters. The van der Waals surface area contributed by atoms with E-state index in [0.717, 1.165) is 11.3 Å². The molecule has 0 saturated heterocycles. The molecule has 0 saturated carbocycles. The Morgan fingerprint density at radius 2 is 2.23 bits per heavy atom. The van der Waals surface area contributed by atoms with Crippen molar-refractivity contribution in [3.05, 3.63) is 41.2 Å². The molecule has 0 radical (unpaired) electrons. The number of ether oxygens (including phenoxy) is 1. The smallest absolute Gasteiger partial charge is 0.265 e. The first kappa shape index (κ1) is 16.5. The van der Waals surface area contributed by atoms with Crippen molar-refractivity contribution in [3.63, 3.8) is 0 Å². The minimum Gasteiger partial charge on any atom is -0.389 e. The Hall–Kier alpha value is -1.83. The second kappa shape index (κ2) is 7.44. The van der Waals surface area contributed by atoms with Gasteiger partial charge in [-0.15, -0.1) is 11.3 Å². The lowest BCUT2D eigenvalue weighted by Crippen LogP contribution is -2.35. The second-order valence-corrected chi connectivity index (χ2v) is 5.83. The molecule has 1 aromatic carbocycles. The molecule has 5 nitrogen and oxygen atoms in total. The first-order chi connectivity index (χ1) is 10.5. The molecule has 0 aliphatic heterocycles. The predicted octanol–water partition coefficient (Wildman–Crippen LogP) is 2.03. The number of thiazole rings is 1. The van der Waals surface area contributed by atoms with Gasteiger partial charge in [-0.25, -0.2) is 9.37 Å². The SMILES string of the molecule is COCC(O)CN(C)C(=O)c1cnc(-c2ccccc2F)s1. The Morgan fingerprint density at radius 1 is 1.50 bits per heavy atom. The average molecular weight is 324 g/mol. The van der Waals surface area contributed by atoms with Gasteiger partial charge in [0.25, 0.3) is 5.91 Å². The topological polar surface area (TPSA) is 62.7 Å². The Balaban J connectivity index is 2.11. The Kier molecular flexibility index (Phi) is 5.59. The van der Waals surface area contributed by atoms with Gasteiger partial charge in [-0.3, -0.25) is 4.79 Å². The van der Waals surface area contributed by atoms with Crippen LogP contribution in [-0.4, -0.2) is 54.3 Å². The molecule has 1 unspecified atom stereocenters. The molecule has 0 fully saturated rings. The third-order valence-electron chi connectivity index (χ3n) is 3.01. The number of aromatic nitrogens is 1. The molecular weight excluding hydrogens is 307 g/mol. The number of aliphatic hydroxyl groups is 1. The van der Waals surface area contributed by atoms with Crippen LogP contribution in [0.15, 0.2) is 30.5 Å². The van der Waals surface area contributed by atoms with E-state index in [0.29, 0.717) is 15.4 Å². The quantitative estimate of drug-likeness (QED) is 0.883. The largest absolute Gasteiger partial charge is 0.389 e. The van der Waals surface area contributed by atoms with E-state index in [1.165, 1.54) is 24.3 Å². The summed E-state index contributed by atoms with van der Waals surface area (Å²) in [6.07, 6.45) is 0.673. The lowest BCUT2D eigenvalue weighted by molar-refractivity contribution is 0.0382. The molecule has 2 rings (SSSR count). The molecule has 0 spiro atoms. The first-order valence-electron chi connectivity index (χ1n) is 6.66. The maximum absolute atomic E-state index is 13.7. The molecule has 7 heteroatoms. The van der Waals surface area contributed by atoms with Crippen LogP contribution < -0.4 is 0 Å². The van der Waals surface area contributed by atoms with Crippen molar-refractivity contribution >= 4 is 17.2 Å². The first-order valence-corrected chi connectivity index (χ1v) is 7.47. The molecule has 0 aliphatic carbocycles. The summed E-state index contributed by atoms with van der Waals surface area (Å²) in [7, 11) is 3.07.